The van der Waals surface area contributed by atoms with E-state index in [1.165, 1.54) is 0 Å². The van der Waals surface area contributed by atoms with Gasteiger partial charge in [0.2, 0.25) is 0 Å². The number of H-pyrrole nitrogens is 1. The smallest absolute Gasteiger partial charge is 0.274 e. The quantitative estimate of drug-likeness (QED) is 0.833. The van der Waals surface area contributed by atoms with E-state index in [9.17, 15) is 4.79 Å². The van der Waals surface area contributed by atoms with E-state index in [1.807, 2.05) is 39.1 Å². The normalized spacial score (nSPS) is 14.8. The second kappa shape index (κ2) is 4.49. The first-order valence-corrected chi connectivity index (χ1v) is 5.67. The monoisotopic (exact) mass is 231 g/mol. The molecule has 0 saturated heterocycles. The van der Waals surface area contributed by atoms with Gasteiger partial charge in [-0.1, -0.05) is 6.08 Å². The minimum atomic E-state index is 0.00556. The van der Waals surface area contributed by atoms with Crippen LogP contribution in [0.25, 0.3) is 0 Å². The number of hydrogen-bond acceptors (Lipinski definition) is 2. The summed E-state index contributed by atoms with van der Waals surface area (Å²) in [4.78, 5) is 16.9. The van der Waals surface area contributed by atoms with Crippen molar-refractivity contribution < 1.29 is 4.79 Å². The van der Waals surface area contributed by atoms with Gasteiger partial charge < -0.3 is 15.2 Å². The van der Waals surface area contributed by atoms with Gasteiger partial charge in [-0.05, 0) is 31.6 Å². The maximum Gasteiger partial charge on any atom is 0.274 e. The van der Waals surface area contributed by atoms with E-state index in [-0.39, 0.29) is 5.91 Å². The lowest BCUT2D eigenvalue weighted by atomic mass is 10.1. The summed E-state index contributed by atoms with van der Waals surface area (Å²) in [6, 6.07) is 1.90. The molecule has 0 atom stereocenters. The highest BCUT2D eigenvalue weighted by atomic mass is 16.2. The molecule has 0 aliphatic carbocycles. The number of aromatic nitrogens is 1. The van der Waals surface area contributed by atoms with E-state index >= 15 is 0 Å². The molecule has 0 bridgehead atoms. The largest absolute Gasteiger partial charge is 0.378 e. The Morgan fingerprint density at radius 2 is 2.29 bits per heavy atom. The van der Waals surface area contributed by atoms with Gasteiger partial charge in [0.1, 0.15) is 5.69 Å². The molecule has 0 saturated carbocycles. The molecule has 0 fully saturated rings. The number of amides is 1. The van der Waals surface area contributed by atoms with Crippen molar-refractivity contribution in [3.63, 3.8) is 0 Å². The van der Waals surface area contributed by atoms with Crippen molar-refractivity contribution >= 4 is 5.91 Å². The molecule has 2 heterocycles. The summed E-state index contributed by atoms with van der Waals surface area (Å²) in [6.45, 7) is 4.63. The van der Waals surface area contributed by atoms with Crippen molar-refractivity contribution in [3.8, 4) is 0 Å². The van der Waals surface area contributed by atoms with Crippen LogP contribution in [0.15, 0.2) is 35.8 Å². The first-order chi connectivity index (χ1) is 8.15. The molecule has 1 aliphatic heterocycles. The molecule has 1 aromatic heterocycles. The van der Waals surface area contributed by atoms with Crippen LogP contribution in [0, 0.1) is 6.92 Å². The molecule has 1 amide bonds. The van der Waals surface area contributed by atoms with Crippen LogP contribution in [-0.2, 0) is 0 Å². The second-order valence-electron chi connectivity index (χ2n) is 4.11. The number of hydrogen-bond donors (Lipinski definition) is 2. The van der Waals surface area contributed by atoms with Gasteiger partial charge in [0.15, 0.2) is 0 Å². The van der Waals surface area contributed by atoms with Crippen LogP contribution in [0.4, 0.5) is 0 Å². The van der Waals surface area contributed by atoms with Gasteiger partial charge in [-0.3, -0.25) is 4.79 Å². The van der Waals surface area contributed by atoms with Gasteiger partial charge in [0, 0.05) is 13.2 Å². The van der Waals surface area contributed by atoms with Gasteiger partial charge in [0.05, 0.1) is 17.9 Å². The molecule has 0 unspecified atom stereocenters. The third-order valence-corrected chi connectivity index (χ3v) is 2.97. The fourth-order valence-corrected chi connectivity index (χ4v) is 1.86. The zero-order valence-electron chi connectivity index (χ0n) is 10.4. The number of carbonyl (C=O) groups excluding carboxylic acids is 1. The Morgan fingerprint density at radius 3 is 2.76 bits per heavy atom. The van der Waals surface area contributed by atoms with Crippen LogP contribution in [0.3, 0.4) is 0 Å². The molecule has 0 radical (unpaired) electrons. The Bertz CT molecular complexity index is 497. The standard InChI is InChI=1S/C13H17N3O/c1-4-5-10-11(8-15-10)16(3)13(17)12-9(2)6-7-14-12/h4-7,14-15H,8H2,1-3H3/b5-4-. The summed E-state index contributed by atoms with van der Waals surface area (Å²) in [5, 5.41) is 3.18. The minimum absolute atomic E-state index is 0.00556. The molecule has 17 heavy (non-hydrogen) atoms. The summed E-state index contributed by atoms with van der Waals surface area (Å²) in [5.74, 6) is 0.00556. The lowest BCUT2D eigenvalue weighted by Gasteiger charge is -2.31. The number of likely N-dealkylation sites (N-methyl/N-ethyl adjacent to an activating group) is 1. The zero-order valence-corrected chi connectivity index (χ0v) is 10.4. The number of aromatic amines is 1. The molecule has 90 valence electrons. The van der Waals surface area contributed by atoms with Crippen LogP contribution >= 0.6 is 0 Å². The lowest BCUT2D eigenvalue weighted by molar-refractivity contribution is 0.0821. The van der Waals surface area contributed by atoms with E-state index in [2.05, 4.69) is 10.3 Å². The molecular formula is C13H17N3O. The third-order valence-electron chi connectivity index (χ3n) is 2.97. The summed E-state index contributed by atoms with van der Waals surface area (Å²) in [6.07, 6.45) is 5.72. The number of carbonyl (C=O) groups is 1. The molecular weight excluding hydrogens is 214 g/mol. The van der Waals surface area contributed by atoms with Crippen molar-refractivity contribution in [2.24, 2.45) is 0 Å². The van der Waals surface area contributed by atoms with Crippen molar-refractivity contribution in [1.82, 2.24) is 15.2 Å². The van der Waals surface area contributed by atoms with Crippen molar-refractivity contribution in [1.29, 1.82) is 0 Å². The third kappa shape index (κ3) is 1.98. The van der Waals surface area contributed by atoms with E-state index < -0.39 is 0 Å². The van der Waals surface area contributed by atoms with Crippen LogP contribution in [-0.4, -0.2) is 29.4 Å². The number of nitrogens with one attached hydrogen (secondary N) is 2. The van der Waals surface area contributed by atoms with Crippen molar-refractivity contribution in [2.45, 2.75) is 13.8 Å². The number of nitrogens with zero attached hydrogens (tertiary/aromatic N) is 1. The summed E-state index contributed by atoms with van der Waals surface area (Å²) < 4.78 is 0. The number of allylic oxidation sites excluding steroid dienone is 2. The van der Waals surface area contributed by atoms with Crippen LogP contribution < -0.4 is 5.32 Å². The van der Waals surface area contributed by atoms with Crippen molar-refractivity contribution in [3.05, 3.63) is 47.1 Å². The summed E-state index contributed by atoms with van der Waals surface area (Å²) in [7, 11) is 1.81. The highest BCUT2D eigenvalue weighted by Gasteiger charge is 2.24. The summed E-state index contributed by atoms with van der Waals surface area (Å²) in [5.41, 5.74) is 3.68. The highest BCUT2D eigenvalue weighted by Crippen LogP contribution is 2.19. The van der Waals surface area contributed by atoms with Gasteiger partial charge >= 0.3 is 0 Å². The fraction of sp³-hybridized carbons (Fsp3) is 0.308. The average molecular weight is 231 g/mol. The molecule has 2 rings (SSSR count). The average Bonchev–Trinajstić information content (AvgIpc) is 2.69. The highest BCUT2D eigenvalue weighted by molar-refractivity contribution is 5.95. The Morgan fingerprint density at radius 1 is 1.53 bits per heavy atom. The molecule has 1 aliphatic rings. The van der Waals surface area contributed by atoms with E-state index in [1.54, 1.807) is 11.1 Å². The maximum absolute atomic E-state index is 12.2. The first-order valence-electron chi connectivity index (χ1n) is 5.67. The van der Waals surface area contributed by atoms with Crippen LogP contribution in [0.1, 0.15) is 23.0 Å². The predicted molar refractivity (Wildman–Crippen MR) is 67.5 cm³/mol. The first kappa shape index (κ1) is 11.5. The molecule has 0 spiro atoms. The van der Waals surface area contributed by atoms with E-state index in [0.717, 1.165) is 23.5 Å². The van der Waals surface area contributed by atoms with E-state index in [4.69, 9.17) is 0 Å². The fourth-order valence-electron chi connectivity index (χ4n) is 1.86. The SMILES string of the molecule is C/C=C\C1=C(N(C)C(=O)c2[nH]ccc2C)CN1. The predicted octanol–water partition coefficient (Wildman–Crippen LogP) is 1.79. The summed E-state index contributed by atoms with van der Waals surface area (Å²) >= 11 is 0. The molecule has 1 aromatic rings. The van der Waals surface area contributed by atoms with Gasteiger partial charge in [0.25, 0.3) is 5.91 Å². The topological polar surface area (TPSA) is 48.1 Å². The molecule has 2 N–H and O–H groups in total. The Balaban J connectivity index is 2.22. The van der Waals surface area contributed by atoms with E-state index in [0.29, 0.717) is 5.69 Å². The minimum Gasteiger partial charge on any atom is -0.378 e. The van der Waals surface area contributed by atoms with Gasteiger partial charge in [-0.2, -0.15) is 0 Å². The molecule has 4 nitrogen and oxygen atoms in total. The number of rotatable bonds is 3. The Labute approximate surface area is 101 Å². The Kier molecular flexibility index (Phi) is 3.04. The van der Waals surface area contributed by atoms with Crippen LogP contribution in [0.5, 0.6) is 0 Å². The van der Waals surface area contributed by atoms with Gasteiger partial charge in [-0.15, -0.1) is 0 Å². The molecule has 4 heteroatoms. The second-order valence-corrected chi connectivity index (χ2v) is 4.11. The van der Waals surface area contributed by atoms with Crippen molar-refractivity contribution in [2.75, 3.05) is 13.6 Å². The van der Waals surface area contributed by atoms with Crippen LogP contribution in [0.2, 0.25) is 0 Å². The Hall–Kier alpha value is -1.97. The zero-order chi connectivity index (χ0) is 12.4. The molecule has 0 aromatic carbocycles. The number of aryl methyl sites for hydroxylation is 1. The van der Waals surface area contributed by atoms with Gasteiger partial charge in [-0.25, -0.2) is 0 Å². The maximum atomic E-state index is 12.2. The lowest BCUT2D eigenvalue weighted by Crippen LogP contribution is -2.41.